The van der Waals surface area contributed by atoms with Crippen LogP contribution in [0.5, 0.6) is 5.75 Å². The summed E-state index contributed by atoms with van der Waals surface area (Å²) >= 11 is 0. The summed E-state index contributed by atoms with van der Waals surface area (Å²) in [6.45, 7) is -1.17. The average molecular weight is 653 g/mol. The molecular formula is C34H32N6O8. The van der Waals surface area contributed by atoms with Gasteiger partial charge in [0.15, 0.2) is 0 Å². The third-order valence-corrected chi connectivity index (χ3v) is 7.73. The third-order valence-electron chi connectivity index (χ3n) is 7.73. The molecule has 0 bridgehead atoms. The van der Waals surface area contributed by atoms with Crippen LogP contribution in [0.4, 0.5) is 0 Å². The summed E-state index contributed by atoms with van der Waals surface area (Å²) in [5, 5.41) is 30.8. The molecule has 5 rings (SSSR count). The number of aryl methyl sites for hydroxylation is 1. The van der Waals surface area contributed by atoms with Gasteiger partial charge in [-0.25, -0.2) is 0 Å². The van der Waals surface area contributed by atoms with Gasteiger partial charge in [-0.2, -0.15) is 0 Å². The van der Waals surface area contributed by atoms with Crippen molar-refractivity contribution in [1.29, 1.82) is 0 Å². The Bertz CT molecular complexity index is 2100. The average Bonchev–Trinajstić information content (AvgIpc) is 3.50. The summed E-state index contributed by atoms with van der Waals surface area (Å²) in [5.41, 5.74) is 1.43. The van der Waals surface area contributed by atoms with E-state index >= 15 is 0 Å². The Balaban J connectivity index is 1.26. The number of aromatic nitrogens is 2. The Morgan fingerprint density at radius 2 is 1.58 bits per heavy atom. The minimum Gasteiger partial charge on any atom is -0.506 e. The topological polar surface area (TPSA) is 212 Å². The van der Waals surface area contributed by atoms with E-state index in [2.05, 4.69) is 26.3 Å². The highest BCUT2D eigenvalue weighted by molar-refractivity contribution is 6.03. The number of H-pyrrole nitrogens is 1. The second-order valence-electron chi connectivity index (χ2n) is 11.0. The number of nitrogens with one attached hydrogen (secondary N) is 5. The van der Waals surface area contributed by atoms with Crippen LogP contribution < -0.4 is 26.8 Å². The standard InChI is InChI=1S/C34H32N6O8/c1-40-26-12-11-19(13-23(26)30(44)29(34(40)48)33(47)38-18-28(42)43)15-36-27(41)17-37-32(46)25(39-31(45)20-7-3-2-4-8-20)14-21-16-35-24-10-6-5-9-22(21)24/h2-13,16,25,35,44H,14-15,17-18H2,1H3,(H,36,41)(H,37,46)(H,38,47)(H,39,45)(H,42,43)/t25-/m0/s1. The number of hydrogen-bond donors (Lipinski definition) is 7. The fourth-order valence-corrected chi connectivity index (χ4v) is 5.25. The van der Waals surface area contributed by atoms with Gasteiger partial charge in [-0.15, -0.1) is 0 Å². The van der Waals surface area contributed by atoms with Crippen LogP contribution in [0.25, 0.3) is 21.8 Å². The number of amides is 4. The summed E-state index contributed by atoms with van der Waals surface area (Å²) in [7, 11) is 1.40. The lowest BCUT2D eigenvalue weighted by molar-refractivity contribution is -0.135. The van der Waals surface area contributed by atoms with E-state index in [1.807, 2.05) is 24.3 Å². The molecule has 0 aliphatic carbocycles. The minimum atomic E-state index is -1.32. The molecule has 48 heavy (non-hydrogen) atoms. The Morgan fingerprint density at radius 1 is 0.854 bits per heavy atom. The molecule has 5 aromatic rings. The number of nitrogens with zero attached hydrogens (tertiary/aromatic N) is 1. The number of aliphatic carboxylic acids is 1. The molecule has 0 radical (unpaired) electrons. The molecular weight excluding hydrogens is 620 g/mol. The maximum Gasteiger partial charge on any atom is 0.322 e. The molecule has 0 fully saturated rings. The SMILES string of the molecule is Cn1c(=O)c(C(=O)NCC(=O)O)c(O)c2cc(CNC(=O)CNC(=O)[C@H](Cc3c[nH]c4ccccc34)NC(=O)c3ccccc3)ccc21. The molecule has 0 unspecified atom stereocenters. The summed E-state index contributed by atoms with van der Waals surface area (Å²) in [5.74, 6) is -4.55. The highest BCUT2D eigenvalue weighted by Gasteiger charge is 2.24. The van der Waals surface area contributed by atoms with Gasteiger partial charge in [0.1, 0.15) is 23.9 Å². The largest absolute Gasteiger partial charge is 0.506 e. The van der Waals surface area contributed by atoms with Gasteiger partial charge in [0.25, 0.3) is 17.4 Å². The normalized spacial score (nSPS) is 11.5. The number of aromatic hydroxyl groups is 1. The summed E-state index contributed by atoms with van der Waals surface area (Å²) in [6, 6.07) is 19.6. The fraction of sp³-hybridized carbons (Fsp3) is 0.176. The first-order valence-electron chi connectivity index (χ1n) is 14.8. The first-order valence-corrected chi connectivity index (χ1v) is 14.8. The molecule has 0 saturated heterocycles. The van der Waals surface area contributed by atoms with E-state index in [9.17, 15) is 33.9 Å². The molecule has 0 spiro atoms. The number of carboxylic acid groups (broad SMARTS) is 1. The zero-order valence-corrected chi connectivity index (χ0v) is 25.7. The first kappa shape index (κ1) is 32.9. The number of benzene rings is 3. The van der Waals surface area contributed by atoms with Gasteiger partial charge in [0.05, 0.1) is 12.1 Å². The molecule has 14 heteroatoms. The smallest absolute Gasteiger partial charge is 0.322 e. The van der Waals surface area contributed by atoms with Gasteiger partial charge < -0.3 is 41.0 Å². The Kier molecular flexibility index (Phi) is 9.83. The van der Waals surface area contributed by atoms with Crippen LogP contribution >= 0.6 is 0 Å². The lowest BCUT2D eigenvalue weighted by atomic mass is 10.0. The van der Waals surface area contributed by atoms with E-state index < -0.39 is 65.6 Å². The lowest BCUT2D eigenvalue weighted by Gasteiger charge is -2.18. The predicted molar refractivity (Wildman–Crippen MR) is 175 cm³/mol. The molecule has 14 nitrogen and oxygen atoms in total. The van der Waals surface area contributed by atoms with Gasteiger partial charge in [-0.1, -0.05) is 42.5 Å². The van der Waals surface area contributed by atoms with Crippen molar-refractivity contribution in [1.82, 2.24) is 30.8 Å². The van der Waals surface area contributed by atoms with Crippen LogP contribution in [0, 0.1) is 0 Å². The van der Waals surface area contributed by atoms with Crippen LogP contribution in [0.3, 0.4) is 0 Å². The van der Waals surface area contributed by atoms with Crippen molar-refractivity contribution in [3.63, 3.8) is 0 Å². The van der Waals surface area contributed by atoms with Crippen molar-refractivity contribution in [3.05, 3.63) is 112 Å². The van der Waals surface area contributed by atoms with Crippen LogP contribution in [-0.4, -0.2) is 68.5 Å². The van der Waals surface area contributed by atoms with E-state index in [0.717, 1.165) is 21.0 Å². The molecule has 3 aromatic carbocycles. The summed E-state index contributed by atoms with van der Waals surface area (Å²) in [4.78, 5) is 78.2. The molecule has 7 N–H and O–H groups in total. The van der Waals surface area contributed by atoms with Crippen LogP contribution in [-0.2, 0) is 34.4 Å². The predicted octanol–water partition coefficient (Wildman–Crippen LogP) is 1.31. The van der Waals surface area contributed by atoms with Gasteiger partial charge >= 0.3 is 5.97 Å². The second-order valence-corrected chi connectivity index (χ2v) is 11.0. The number of aromatic amines is 1. The molecule has 4 amide bonds. The second kappa shape index (κ2) is 14.3. The number of rotatable bonds is 12. The third kappa shape index (κ3) is 7.33. The number of para-hydroxylation sites is 1. The van der Waals surface area contributed by atoms with E-state index in [4.69, 9.17) is 5.11 Å². The van der Waals surface area contributed by atoms with Gasteiger partial charge in [-0.3, -0.25) is 28.8 Å². The van der Waals surface area contributed by atoms with Crippen molar-refractivity contribution in [2.24, 2.45) is 7.05 Å². The zero-order valence-electron chi connectivity index (χ0n) is 25.7. The molecule has 0 aliphatic rings. The van der Waals surface area contributed by atoms with Gasteiger partial charge in [0.2, 0.25) is 11.8 Å². The van der Waals surface area contributed by atoms with E-state index in [-0.39, 0.29) is 18.4 Å². The zero-order chi connectivity index (χ0) is 34.4. The maximum absolute atomic E-state index is 13.3. The number of pyridine rings is 1. The Morgan fingerprint density at radius 3 is 2.33 bits per heavy atom. The number of carbonyl (C=O) groups excluding carboxylic acids is 4. The molecule has 2 aromatic heterocycles. The minimum absolute atomic E-state index is 0.0308. The van der Waals surface area contributed by atoms with Crippen molar-refractivity contribution in [2.45, 2.75) is 19.0 Å². The van der Waals surface area contributed by atoms with Crippen molar-refractivity contribution in [2.75, 3.05) is 13.1 Å². The summed E-state index contributed by atoms with van der Waals surface area (Å²) in [6.07, 6.45) is 1.94. The molecule has 1 atom stereocenters. The van der Waals surface area contributed by atoms with Crippen LogP contribution in [0.2, 0.25) is 0 Å². The van der Waals surface area contributed by atoms with Gasteiger partial charge in [0, 0.05) is 48.1 Å². The molecule has 246 valence electrons. The van der Waals surface area contributed by atoms with E-state index in [0.29, 0.717) is 16.6 Å². The Hall–Kier alpha value is -6.44. The monoisotopic (exact) mass is 652 g/mol. The maximum atomic E-state index is 13.3. The first-order chi connectivity index (χ1) is 23.0. The highest BCUT2D eigenvalue weighted by Crippen LogP contribution is 2.27. The molecule has 2 heterocycles. The van der Waals surface area contributed by atoms with E-state index in [1.54, 1.807) is 42.6 Å². The summed E-state index contributed by atoms with van der Waals surface area (Å²) < 4.78 is 1.14. The number of fused-ring (bicyclic) bond motifs is 2. The number of carbonyl (C=O) groups is 5. The molecule has 0 aliphatic heterocycles. The lowest BCUT2D eigenvalue weighted by Crippen LogP contribution is -2.50. The quantitative estimate of drug-likeness (QED) is 0.104. The van der Waals surface area contributed by atoms with E-state index in [1.165, 1.54) is 19.2 Å². The van der Waals surface area contributed by atoms with Crippen molar-refractivity contribution >= 4 is 51.4 Å². The Labute approximate surface area is 272 Å². The molecule has 0 saturated carbocycles. The highest BCUT2D eigenvalue weighted by atomic mass is 16.4. The van der Waals surface area contributed by atoms with Crippen LogP contribution in [0.1, 0.15) is 31.8 Å². The number of hydrogen-bond acceptors (Lipinski definition) is 7. The van der Waals surface area contributed by atoms with Crippen molar-refractivity contribution < 1.29 is 34.2 Å². The number of carboxylic acids is 1. The van der Waals surface area contributed by atoms with Gasteiger partial charge in [-0.05, 0) is 41.5 Å². The van der Waals surface area contributed by atoms with Crippen LogP contribution in [0.15, 0.2) is 83.8 Å². The fourth-order valence-electron chi connectivity index (χ4n) is 5.25. The van der Waals surface area contributed by atoms with Crippen molar-refractivity contribution in [3.8, 4) is 5.75 Å².